The van der Waals surface area contributed by atoms with Crippen LogP contribution in [0.25, 0.3) is 0 Å². The molecule has 1 fully saturated rings. The molecule has 0 bridgehead atoms. The van der Waals surface area contributed by atoms with E-state index in [1.54, 1.807) is 4.90 Å². The van der Waals surface area contributed by atoms with Gasteiger partial charge in [-0.2, -0.15) is 0 Å². The van der Waals surface area contributed by atoms with E-state index in [1.165, 1.54) is 0 Å². The Hall–Kier alpha value is -3.02. The summed E-state index contributed by atoms with van der Waals surface area (Å²) in [5, 5.41) is 2.82. The number of para-hydroxylation sites is 1. The number of anilines is 1. The lowest BCUT2D eigenvalue weighted by Crippen LogP contribution is -2.32. The van der Waals surface area contributed by atoms with E-state index in [9.17, 15) is 9.59 Å². The summed E-state index contributed by atoms with van der Waals surface area (Å²) >= 11 is 0. The van der Waals surface area contributed by atoms with Crippen LogP contribution in [0, 0.1) is 0 Å². The van der Waals surface area contributed by atoms with Gasteiger partial charge in [-0.15, -0.1) is 0 Å². The summed E-state index contributed by atoms with van der Waals surface area (Å²) in [5.41, 5.74) is 1.89. The largest absolute Gasteiger partial charge is 0.445 e. The number of nitrogens with zero attached hydrogens (tertiary/aromatic N) is 1. The average Bonchev–Trinajstić information content (AvgIpc) is 3.15. The highest BCUT2D eigenvalue weighted by molar-refractivity contribution is 5.86. The van der Waals surface area contributed by atoms with Crippen LogP contribution >= 0.6 is 0 Å². The van der Waals surface area contributed by atoms with Crippen molar-refractivity contribution < 1.29 is 19.1 Å². The monoisotopic (exact) mass is 396 g/mol. The second-order valence-corrected chi connectivity index (χ2v) is 8.11. The molecular formula is C23H28N2O4. The van der Waals surface area contributed by atoms with Gasteiger partial charge in [-0.25, -0.2) is 9.59 Å². The Labute approximate surface area is 171 Å². The number of likely N-dealkylation sites (tertiary alicyclic amines) is 1. The molecule has 1 atom stereocenters. The maximum Gasteiger partial charge on any atom is 0.412 e. The zero-order chi connectivity index (χ0) is 20.9. The summed E-state index contributed by atoms with van der Waals surface area (Å²) < 4.78 is 10.9. The van der Waals surface area contributed by atoms with Crippen molar-refractivity contribution in [3.8, 4) is 0 Å². The predicted octanol–water partition coefficient (Wildman–Crippen LogP) is 5.51. The quantitative estimate of drug-likeness (QED) is 0.740. The number of hydrogen-bond acceptors (Lipinski definition) is 4. The third kappa shape index (κ3) is 5.73. The van der Waals surface area contributed by atoms with E-state index < -0.39 is 11.7 Å². The Morgan fingerprint density at radius 3 is 2.48 bits per heavy atom. The molecule has 0 saturated carbocycles. The molecule has 2 amide bonds. The highest BCUT2D eigenvalue weighted by Crippen LogP contribution is 2.36. The van der Waals surface area contributed by atoms with E-state index in [0.717, 1.165) is 24.0 Å². The molecule has 3 rings (SSSR count). The number of benzene rings is 2. The van der Waals surface area contributed by atoms with Crippen molar-refractivity contribution in [2.45, 2.75) is 51.9 Å². The molecule has 1 heterocycles. The summed E-state index contributed by atoms with van der Waals surface area (Å²) in [5.74, 6) is 0. The lowest BCUT2D eigenvalue weighted by molar-refractivity contribution is 0.0635. The first-order valence-corrected chi connectivity index (χ1v) is 9.90. The minimum absolute atomic E-state index is 0.149. The fourth-order valence-electron chi connectivity index (χ4n) is 3.43. The highest BCUT2D eigenvalue weighted by atomic mass is 16.6. The number of ether oxygens (including phenoxy) is 2. The van der Waals surface area contributed by atoms with Crippen LogP contribution in [-0.2, 0) is 16.1 Å². The Morgan fingerprint density at radius 1 is 1.07 bits per heavy atom. The lowest BCUT2D eigenvalue weighted by atomic mass is 10.0. The van der Waals surface area contributed by atoms with Crippen molar-refractivity contribution in [2.75, 3.05) is 11.9 Å². The topological polar surface area (TPSA) is 67.9 Å². The number of carbonyl (C=O) groups is 2. The fourth-order valence-corrected chi connectivity index (χ4v) is 3.43. The standard InChI is InChI=1S/C23H28N2O4/c1-23(2,3)29-21(26)24-19-13-8-7-12-18(19)20-14-9-15-25(20)22(27)28-16-17-10-5-4-6-11-17/h4-8,10-13,20H,9,14-16H2,1-3H3,(H,24,26). The molecule has 1 aliphatic heterocycles. The van der Waals surface area contributed by atoms with Crippen LogP contribution in [0.1, 0.15) is 50.8 Å². The number of rotatable bonds is 4. The lowest BCUT2D eigenvalue weighted by Gasteiger charge is -2.26. The van der Waals surface area contributed by atoms with Gasteiger partial charge in [0.1, 0.15) is 12.2 Å². The van der Waals surface area contributed by atoms with Crippen LogP contribution in [0.3, 0.4) is 0 Å². The number of carbonyl (C=O) groups excluding carboxylic acids is 2. The van der Waals surface area contributed by atoms with Crippen molar-refractivity contribution >= 4 is 17.9 Å². The highest BCUT2D eigenvalue weighted by Gasteiger charge is 2.33. The SMILES string of the molecule is CC(C)(C)OC(=O)Nc1ccccc1C1CCCN1C(=O)OCc1ccccc1. The van der Waals surface area contributed by atoms with Gasteiger partial charge in [-0.05, 0) is 50.8 Å². The molecule has 1 saturated heterocycles. The predicted molar refractivity (Wildman–Crippen MR) is 112 cm³/mol. The molecular weight excluding hydrogens is 368 g/mol. The summed E-state index contributed by atoms with van der Waals surface area (Å²) in [7, 11) is 0. The van der Waals surface area contributed by atoms with Crippen LogP contribution in [0.4, 0.5) is 15.3 Å². The van der Waals surface area contributed by atoms with Crippen LogP contribution in [0.5, 0.6) is 0 Å². The van der Waals surface area contributed by atoms with Gasteiger partial charge in [0, 0.05) is 12.2 Å². The van der Waals surface area contributed by atoms with Crippen molar-refractivity contribution in [1.82, 2.24) is 4.90 Å². The zero-order valence-electron chi connectivity index (χ0n) is 17.2. The minimum atomic E-state index is -0.584. The maximum atomic E-state index is 12.7. The van der Waals surface area contributed by atoms with Gasteiger partial charge in [0.05, 0.1) is 6.04 Å². The molecule has 2 aromatic carbocycles. The molecule has 2 aromatic rings. The molecule has 0 radical (unpaired) electrons. The minimum Gasteiger partial charge on any atom is -0.445 e. The van der Waals surface area contributed by atoms with Gasteiger partial charge < -0.3 is 14.4 Å². The normalized spacial score (nSPS) is 16.4. The molecule has 29 heavy (non-hydrogen) atoms. The van der Waals surface area contributed by atoms with Gasteiger partial charge in [0.2, 0.25) is 0 Å². The summed E-state index contributed by atoms with van der Waals surface area (Å²) in [4.78, 5) is 26.7. The zero-order valence-corrected chi connectivity index (χ0v) is 17.2. The Morgan fingerprint density at radius 2 is 1.76 bits per heavy atom. The summed E-state index contributed by atoms with van der Waals surface area (Å²) in [6.07, 6.45) is 0.837. The second-order valence-electron chi connectivity index (χ2n) is 8.11. The van der Waals surface area contributed by atoms with E-state index in [1.807, 2.05) is 75.4 Å². The summed E-state index contributed by atoms with van der Waals surface area (Å²) in [6.45, 7) is 6.32. The van der Waals surface area contributed by atoms with Crippen molar-refractivity contribution in [1.29, 1.82) is 0 Å². The average molecular weight is 396 g/mol. The molecule has 1 N–H and O–H groups in total. The number of amides is 2. The van der Waals surface area contributed by atoms with Crippen LogP contribution in [-0.4, -0.2) is 29.2 Å². The molecule has 1 unspecified atom stereocenters. The van der Waals surface area contributed by atoms with E-state index >= 15 is 0 Å². The van der Waals surface area contributed by atoms with Crippen LogP contribution < -0.4 is 5.32 Å². The van der Waals surface area contributed by atoms with E-state index in [-0.39, 0.29) is 18.7 Å². The molecule has 154 valence electrons. The van der Waals surface area contributed by atoms with Crippen LogP contribution in [0.2, 0.25) is 0 Å². The maximum absolute atomic E-state index is 12.7. The fraction of sp³-hybridized carbons (Fsp3) is 0.391. The molecule has 0 aromatic heterocycles. The summed E-state index contributed by atoms with van der Waals surface area (Å²) in [6, 6.07) is 17.0. The first-order chi connectivity index (χ1) is 13.8. The molecule has 0 spiro atoms. The molecule has 1 aliphatic rings. The third-order valence-electron chi connectivity index (χ3n) is 4.65. The van der Waals surface area contributed by atoms with E-state index in [0.29, 0.717) is 12.2 Å². The second kappa shape index (κ2) is 8.99. The Bertz CT molecular complexity index is 845. The first-order valence-electron chi connectivity index (χ1n) is 9.90. The van der Waals surface area contributed by atoms with E-state index in [2.05, 4.69) is 5.32 Å². The third-order valence-corrected chi connectivity index (χ3v) is 4.65. The van der Waals surface area contributed by atoms with Gasteiger partial charge in [-0.3, -0.25) is 5.32 Å². The van der Waals surface area contributed by atoms with E-state index in [4.69, 9.17) is 9.47 Å². The Kier molecular flexibility index (Phi) is 6.42. The smallest absolute Gasteiger partial charge is 0.412 e. The van der Waals surface area contributed by atoms with Gasteiger partial charge in [0.15, 0.2) is 0 Å². The van der Waals surface area contributed by atoms with Gasteiger partial charge in [-0.1, -0.05) is 48.5 Å². The number of hydrogen-bond donors (Lipinski definition) is 1. The van der Waals surface area contributed by atoms with Crippen molar-refractivity contribution in [3.05, 3.63) is 65.7 Å². The Balaban J connectivity index is 1.70. The molecule has 6 heteroatoms. The van der Waals surface area contributed by atoms with Gasteiger partial charge >= 0.3 is 12.2 Å². The molecule has 6 nitrogen and oxygen atoms in total. The first kappa shape index (κ1) is 20.7. The number of nitrogens with one attached hydrogen (secondary N) is 1. The van der Waals surface area contributed by atoms with Crippen LogP contribution in [0.15, 0.2) is 54.6 Å². The van der Waals surface area contributed by atoms with Gasteiger partial charge in [0.25, 0.3) is 0 Å². The molecule has 0 aliphatic carbocycles. The van der Waals surface area contributed by atoms with Crippen molar-refractivity contribution in [3.63, 3.8) is 0 Å². The van der Waals surface area contributed by atoms with Crippen molar-refractivity contribution in [2.24, 2.45) is 0 Å².